The van der Waals surface area contributed by atoms with Gasteiger partial charge in [0.05, 0.1) is 12.1 Å². The first-order valence-electron chi connectivity index (χ1n) is 10.5. The first kappa shape index (κ1) is 19.4. The Morgan fingerprint density at radius 2 is 1.84 bits per heavy atom. The minimum Gasteiger partial charge on any atom is -0.478 e. The fourth-order valence-corrected chi connectivity index (χ4v) is 4.81. The van der Waals surface area contributed by atoms with Crippen molar-refractivity contribution in [3.05, 3.63) is 70.9 Å². The highest BCUT2D eigenvalue weighted by Crippen LogP contribution is 2.36. The monoisotopic (exact) mass is 417 g/mol. The van der Waals surface area contributed by atoms with E-state index in [0.29, 0.717) is 26.1 Å². The molecule has 0 spiro atoms. The van der Waals surface area contributed by atoms with Crippen LogP contribution in [0.5, 0.6) is 0 Å². The SMILES string of the molecule is CCCN1C(=O)C2Cc3c(n(Cc4ccc(C(=O)O)cc4)c4ccccc34)CN2C1=O. The number of hydrogen-bond acceptors (Lipinski definition) is 3. The number of aromatic nitrogens is 1. The molecule has 1 saturated heterocycles. The molecule has 3 aromatic rings. The largest absolute Gasteiger partial charge is 0.478 e. The van der Waals surface area contributed by atoms with Crippen molar-refractivity contribution in [2.24, 2.45) is 0 Å². The molecule has 7 heteroatoms. The minimum atomic E-state index is -0.949. The number of carbonyl (C=O) groups excluding carboxylic acids is 2. The molecule has 1 atom stereocenters. The van der Waals surface area contributed by atoms with E-state index in [-0.39, 0.29) is 17.5 Å². The second-order valence-corrected chi connectivity index (χ2v) is 8.15. The zero-order chi connectivity index (χ0) is 21.7. The summed E-state index contributed by atoms with van der Waals surface area (Å²) < 4.78 is 2.19. The van der Waals surface area contributed by atoms with E-state index in [1.807, 2.05) is 31.2 Å². The molecule has 0 aliphatic carbocycles. The lowest BCUT2D eigenvalue weighted by atomic mass is 9.97. The van der Waals surface area contributed by atoms with Gasteiger partial charge >= 0.3 is 12.0 Å². The number of amides is 3. The summed E-state index contributed by atoms with van der Waals surface area (Å²) in [5.41, 5.74) is 4.45. The lowest BCUT2D eigenvalue weighted by Crippen LogP contribution is -2.40. The average molecular weight is 417 g/mol. The number of urea groups is 1. The molecule has 158 valence electrons. The molecule has 3 heterocycles. The third-order valence-electron chi connectivity index (χ3n) is 6.30. The Balaban J connectivity index is 1.56. The van der Waals surface area contributed by atoms with Gasteiger partial charge in [0.1, 0.15) is 6.04 Å². The van der Waals surface area contributed by atoms with Gasteiger partial charge in [0, 0.05) is 36.1 Å². The highest BCUT2D eigenvalue weighted by atomic mass is 16.4. The standard InChI is InChI=1S/C24H23N3O4/c1-2-11-25-22(28)20-12-18-17-5-3-4-6-19(17)26(21(18)14-27(20)24(25)31)13-15-7-9-16(10-8-15)23(29)30/h3-10,20H,2,11-14H2,1H3,(H,29,30). The van der Waals surface area contributed by atoms with Gasteiger partial charge in [-0.3, -0.25) is 9.69 Å². The maximum Gasteiger partial charge on any atom is 0.335 e. The van der Waals surface area contributed by atoms with Crippen LogP contribution < -0.4 is 0 Å². The van der Waals surface area contributed by atoms with E-state index in [2.05, 4.69) is 16.7 Å². The van der Waals surface area contributed by atoms with Gasteiger partial charge in [-0.15, -0.1) is 0 Å². The van der Waals surface area contributed by atoms with Crippen LogP contribution >= 0.6 is 0 Å². The smallest absolute Gasteiger partial charge is 0.335 e. The molecular formula is C24H23N3O4. The number of hydrogen-bond donors (Lipinski definition) is 1. The quantitative estimate of drug-likeness (QED) is 0.645. The molecule has 31 heavy (non-hydrogen) atoms. The highest BCUT2D eigenvalue weighted by molar-refractivity contribution is 6.05. The Bertz CT molecular complexity index is 1210. The molecule has 1 fully saturated rings. The summed E-state index contributed by atoms with van der Waals surface area (Å²) >= 11 is 0. The Hall–Kier alpha value is -3.61. The maximum atomic E-state index is 12.9. The van der Waals surface area contributed by atoms with Gasteiger partial charge in [0.15, 0.2) is 0 Å². The van der Waals surface area contributed by atoms with Gasteiger partial charge in [-0.05, 0) is 35.7 Å². The van der Waals surface area contributed by atoms with Crippen LogP contribution in [0, 0.1) is 0 Å². The first-order chi connectivity index (χ1) is 15.0. The summed E-state index contributed by atoms with van der Waals surface area (Å²) in [4.78, 5) is 40.0. The molecule has 2 aliphatic heterocycles. The van der Waals surface area contributed by atoms with E-state index >= 15 is 0 Å². The van der Waals surface area contributed by atoms with Crippen LogP contribution in [-0.2, 0) is 24.3 Å². The summed E-state index contributed by atoms with van der Waals surface area (Å²) in [7, 11) is 0. The van der Waals surface area contributed by atoms with Gasteiger partial charge in [0.25, 0.3) is 5.91 Å². The van der Waals surface area contributed by atoms with Crippen molar-refractivity contribution in [1.29, 1.82) is 0 Å². The van der Waals surface area contributed by atoms with E-state index in [4.69, 9.17) is 5.11 Å². The van der Waals surface area contributed by atoms with Crippen LogP contribution in [0.4, 0.5) is 4.79 Å². The van der Waals surface area contributed by atoms with Crippen molar-refractivity contribution in [3.63, 3.8) is 0 Å². The fraction of sp³-hybridized carbons (Fsp3) is 0.292. The molecule has 5 rings (SSSR count). The molecule has 0 saturated carbocycles. The van der Waals surface area contributed by atoms with Crippen LogP contribution in [0.25, 0.3) is 10.9 Å². The number of carbonyl (C=O) groups is 3. The Morgan fingerprint density at radius 1 is 1.10 bits per heavy atom. The predicted molar refractivity (Wildman–Crippen MR) is 115 cm³/mol. The van der Waals surface area contributed by atoms with Gasteiger partial charge in [0.2, 0.25) is 0 Å². The van der Waals surface area contributed by atoms with Crippen LogP contribution in [0.3, 0.4) is 0 Å². The second kappa shape index (κ2) is 7.27. The number of aromatic carboxylic acids is 1. The molecule has 0 radical (unpaired) electrons. The van der Waals surface area contributed by atoms with Crippen LogP contribution in [-0.4, -0.2) is 50.0 Å². The van der Waals surface area contributed by atoms with Crippen molar-refractivity contribution in [1.82, 2.24) is 14.4 Å². The number of carboxylic acid groups (broad SMARTS) is 1. The number of para-hydroxylation sites is 1. The van der Waals surface area contributed by atoms with E-state index in [1.165, 1.54) is 4.90 Å². The summed E-state index contributed by atoms with van der Waals surface area (Å²) in [5.74, 6) is -1.05. The van der Waals surface area contributed by atoms with E-state index in [1.54, 1.807) is 17.0 Å². The van der Waals surface area contributed by atoms with Crippen molar-refractivity contribution in [3.8, 4) is 0 Å². The number of benzene rings is 2. The summed E-state index contributed by atoms with van der Waals surface area (Å²) in [6.45, 7) is 3.37. The third kappa shape index (κ3) is 3.00. The molecule has 0 bridgehead atoms. The molecule has 3 amide bonds. The third-order valence-corrected chi connectivity index (χ3v) is 6.30. The Labute approximate surface area is 179 Å². The summed E-state index contributed by atoms with van der Waals surface area (Å²) in [6, 6.07) is 14.3. The summed E-state index contributed by atoms with van der Waals surface area (Å²) in [5, 5.41) is 10.3. The average Bonchev–Trinajstić information content (AvgIpc) is 3.20. The Kier molecular flexibility index (Phi) is 4.54. The number of carboxylic acids is 1. The zero-order valence-electron chi connectivity index (χ0n) is 17.2. The predicted octanol–water partition coefficient (Wildman–Crippen LogP) is 3.49. The number of fused-ring (bicyclic) bond motifs is 4. The molecule has 2 aliphatic rings. The van der Waals surface area contributed by atoms with Gasteiger partial charge in [-0.25, -0.2) is 9.59 Å². The minimum absolute atomic E-state index is 0.0985. The van der Waals surface area contributed by atoms with Crippen molar-refractivity contribution in [2.75, 3.05) is 6.54 Å². The molecule has 7 nitrogen and oxygen atoms in total. The number of nitrogens with zero attached hydrogens (tertiary/aromatic N) is 3. The topological polar surface area (TPSA) is 82.8 Å². The highest BCUT2D eigenvalue weighted by Gasteiger charge is 2.47. The zero-order valence-corrected chi connectivity index (χ0v) is 17.2. The summed E-state index contributed by atoms with van der Waals surface area (Å²) in [6.07, 6.45) is 1.26. The number of imide groups is 1. The van der Waals surface area contributed by atoms with Crippen LogP contribution in [0.2, 0.25) is 0 Å². The fourth-order valence-electron chi connectivity index (χ4n) is 4.81. The van der Waals surface area contributed by atoms with Gasteiger partial charge in [-0.1, -0.05) is 37.3 Å². The lowest BCUT2D eigenvalue weighted by Gasteiger charge is -2.28. The van der Waals surface area contributed by atoms with Crippen molar-refractivity contribution < 1.29 is 19.5 Å². The maximum absolute atomic E-state index is 12.9. The van der Waals surface area contributed by atoms with E-state index in [0.717, 1.165) is 34.1 Å². The molecular weight excluding hydrogens is 394 g/mol. The molecule has 1 unspecified atom stereocenters. The molecule has 1 N–H and O–H groups in total. The van der Waals surface area contributed by atoms with Gasteiger partial charge < -0.3 is 14.6 Å². The number of rotatable bonds is 5. The van der Waals surface area contributed by atoms with Crippen LogP contribution in [0.1, 0.15) is 40.5 Å². The van der Waals surface area contributed by atoms with Crippen LogP contribution in [0.15, 0.2) is 48.5 Å². The normalized spacial score (nSPS) is 17.9. The van der Waals surface area contributed by atoms with E-state index < -0.39 is 12.0 Å². The Morgan fingerprint density at radius 3 is 2.55 bits per heavy atom. The lowest BCUT2D eigenvalue weighted by molar-refractivity contribution is -0.128. The van der Waals surface area contributed by atoms with Crippen molar-refractivity contribution >= 4 is 28.8 Å². The van der Waals surface area contributed by atoms with E-state index in [9.17, 15) is 14.4 Å². The van der Waals surface area contributed by atoms with Crippen molar-refractivity contribution in [2.45, 2.75) is 38.9 Å². The molecule has 1 aromatic heterocycles. The molecule has 2 aromatic carbocycles. The first-order valence-corrected chi connectivity index (χ1v) is 10.5. The van der Waals surface area contributed by atoms with Gasteiger partial charge in [-0.2, -0.15) is 0 Å². The second-order valence-electron chi connectivity index (χ2n) is 8.15.